The summed E-state index contributed by atoms with van der Waals surface area (Å²) in [5.74, 6) is -2.54. The van der Waals surface area contributed by atoms with E-state index in [1.165, 1.54) is 0 Å². The van der Waals surface area contributed by atoms with Crippen molar-refractivity contribution >= 4 is 5.91 Å². The third-order valence-electron chi connectivity index (χ3n) is 3.08. The maximum absolute atomic E-state index is 13.2. The average molecular weight is 305 g/mol. The normalized spacial score (nSPS) is 30.3. The number of primary amides is 1. The molecule has 0 saturated carbocycles. The number of aromatic amines is 1. The number of carbonyl (C=O) groups is 1. The molecule has 1 aromatic heterocycles. The number of nitrogens with two attached hydrogens (primary N) is 1. The van der Waals surface area contributed by atoms with Gasteiger partial charge < -0.3 is 25.8 Å². The first-order valence-corrected chi connectivity index (χ1v) is 5.74. The van der Waals surface area contributed by atoms with E-state index in [0.29, 0.717) is 10.8 Å². The van der Waals surface area contributed by atoms with Gasteiger partial charge in [-0.25, -0.2) is 4.79 Å². The Hall–Kier alpha value is -2.08. The summed E-state index contributed by atoms with van der Waals surface area (Å²) in [6.45, 7) is 0. The van der Waals surface area contributed by atoms with Crippen molar-refractivity contribution in [3.05, 3.63) is 32.9 Å². The highest BCUT2D eigenvalue weighted by atomic mass is 19.1. The first-order valence-electron chi connectivity index (χ1n) is 5.74. The topological polar surface area (TPSA) is 168 Å². The Balaban J connectivity index is 2.38. The molecule has 10 nitrogen and oxygen atoms in total. The number of nitrogens with zero attached hydrogens (tertiary/aromatic N) is 1. The molecule has 0 bridgehead atoms. The third kappa shape index (κ3) is 2.58. The van der Waals surface area contributed by atoms with E-state index < -0.39 is 53.6 Å². The quantitative estimate of drug-likeness (QED) is 0.380. The Morgan fingerprint density at radius 1 is 1.43 bits per heavy atom. The molecule has 2 heterocycles. The lowest BCUT2D eigenvalue weighted by Crippen LogP contribution is -2.45. The summed E-state index contributed by atoms with van der Waals surface area (Å²) >= 11 is 0. The minimum Gasteiger partial charge on any atom is -0.387 e. The molecule has 21 heavy (non-hydrogen) atoms. The molecular weight excluding hydrogens is 293 g/mol. The van der Waals surface area contributed by atoms with Crippen molar-refractivity contribution in [1.29, 1.82) is 0 Å². The van der Waals surface area contributed by atoms with Gasteiger partial charge in [-0.05, 0) is 0 Å². The molecule has 1 aromatic rings. The minimum atomic E-state index is -1.94. The molecule has 116 valence electrons. The van der Waals surface area contributed by atoms with Crippen molar-refractivity contribution in [1.82, 2.24) is 9.55 Å². The smallest absolute Gasteiger partial charge is 0.330 e. The van der Waals surface area contributed by atoms with E-state index in [-0.39, 0.29) is 0 Å². The van der Waals surface area contributed by atoms with Crippen LogP contribution >= 0.6 is 0 Å². The molecule has 0 aliphatic carbocycles. The molecule has 0 spiro atoms. The predicted molar refractivity (Wildman–Crippen MR) is 62.4 cm³/mol. The number of aliphatic hydroxyl groups excluding tert-OH is 3. The Morgan fingerprint density at radius 2 is 2.05 bits per heavy atom. The minimum absolute atomic E-state index is 0.473. The lowest BCUT2D eigenvalue weighted by atomic mass is 10.1. The first kappa shape index (κ1) is 15.3. The number of hydrogen-bond donors (Lipinski definition) is 5. The van der Waals surface area contributed by atoms with E-state index in [1.54, 1.807) is 4.98 Å². The monoisotopic (exact) mass is 305 g/mol. The molecule has 1 fully saturated rings. The van der Waals surface area contributed by atoms with Crippen LogP contribution in [-0.4, -0.2) is 55.2 Å². The fraction of sp³-hybridized carbons (Fsp3) is 0.500. The van der Waals surface area contributed by atoms with Crippen molar-refractivity contribution < 1.29 is 29.2 Å². The number of amides is 1. The molecule has 1 amide bonds. The summed E-state index contributed by atoms with van der Waals surface area (Å²) in [4.78, 5) is 35.0. The lowest BCUT2D eigenvalue weighted by molar-refractivity contribution is -0.140. The highest BCUT2D eigenvalue weighted by Crippen LogP contribution is 2.30. The van der Waals surface area contributed by atoms with Gasteiger partial charge in [-0.3, -0.25) is 19.1 Å². The third-order valence-corrected chi connectivity index (χ3v) is 3.08. The van der Waals surface area contributed by atoms with E-state index in [4.69, 9.17) is 10.5 Å². The van der Waals surface area contributed by atoms with E-state index in [1.807, 2.05) is 0 Å². The average Bonchev–Trinajstić information content (AvgIpc) is 2.70. The van der Waals surface area contributed by atoms with Gasteiger partial charge in [0.05, 0.1) is 6.20 Å². The van der Waals surface area contributed by atoms with Crippen LogP contribution in [0.25, 0.3) is 0 Å². The number of carbonyl (C=O) groups excluding carboxylic acids is 1. The Bertz CT molecular complexity index is 671. The standard InChI is InChI=1S/C10H12FN3O7/c11-2-1-14(10(20)13-8(2)19)9-4(16)3(15)6(21-9)5(17)7(12)18/h1,3-6,9,15-17H,(H2,12,18)(H,13,19,20)/t3-,4+,5-,6+,9-/m0/s1. The van der Waals surface area contributed by atoms with Gasteiger partial charge in [0.1, 0.15) is 18.3 Å². The number of aliphatic hydroxyl groups is 3. The van der Waals surface area contributed by atoms with Gasteiger partial charge in [-0.2, -0.15) is 4.39 Å². The number of H-pyrrole nitrogens is 1. The molecule has 1 aliphatic rings. The van der Waals surface area contributed by atoms with Crippen molar-refractivity contribution in [2.24, 2.45) is 5.73 Å². The number of ether oxygens (including phenoxy) is 1. The molecular formula is C10H12FN3O7. The zero-order valence-electron chi connectivity index (χ0n) is 10.3. The summed E-state index contributed by atoms with van der Waals surface area (Å²) < 4.78 is 18.7. The van der Waals surface area contributed by atoms with Crippen LogP contribution in [0.3, 0.4) is 0 Å². The molecule has 0 aromatic carbocycles. The van der Waals surface area contributed by atoms with E-state index in [9.17, 15) is 34.1 Å². The zero-order chi connectivity index (χ0) is 15.9. The molecule has 5 atom stereocenters. The van der Waals surface area contributed by atoms with Crippen LogP contribution in [0.5, 0.6) is 0 Å². The van der Waals surface area contributed by atoms with Crippen LogP contribution in [0.4, 0.5) is 4.39 Å². The van der Waals surface area contributed by atoms with E-state index in [2.05, 4.69) is 0 Å². The second-order valence-corrected chi connectivity index (χ2v) is 4.46. The lowest BCUT2D eigenvalue weighted by Gasteiger charge is -2.18. The molecule has 0 unspecified atom stereocenters. The first-order chi connectivity index (χ1) is 9.73. The van der Waals surface area contributed by atoms with Crippen molar-refractivity contribution in [3.8, 4) is 0 Å². The van der Waals surface area contributed by atoms with Crippen LogP contribution in [-0.2, 0) is 9.53 Å². The summed E-state index contributed by atoms with van der Waals surface area (Å²) in [5, 5.41) is 28.9. The highest BCUT2D eigenvalue weighted by molar-refractivity contribution is 5.79. The molecule has 0 radical (unpaired) electrons. The van der Waals surface area contributed by atoms with Crippen LogP contribution in [0.1, 0.15) is 6.23 Å². The van der Waals surface area contributed by atoms with Gasteiger partial charge >= 0.3 is 5.69 Å². The SMILES string of the molecule is NC(=O)[C@@H](O)[C@@H]1O[C@H](n2cc(F)c(=O)[nH]c2=O)[C@H](O)[C@@H]1O. The molecule has 1 aliphatic heterocycles. The predicted octanol–water partition coefficient (Wildman–Crippen LogP) is -3.86. The van der Waals surface area contributed by atoms with Crippen LogP contribution in [0.2, 0.25) is 0 Å². The molecule has 2 rings (SSSR count). The summed E-state index contributed by atoms with van der Waals surface area (Å²) in [7, 11) is 0. The Labute approximate surface area is 115 Å². The van der Waals surface area contributed by atoms with Crippen molar-refractivity contribution in [3.63, 3.8) is 0 Å². The number of nitrogens with one attached hydrogen (secondary N) is 1. The van der Waals surface area contributed by atoms with Crippen LogP contribution < -0.4 is 17.0 Å². The fourth-order valence-electron chi connectivity index (χ4n) is 1.99. The van der Waals surface area contributed by atoms with Gasteiger partial charge in [-0.15, -0.1) is 0 Å². The second-order valence-electron chi connectivity index (χ2n) is 4.46. The number of aromatic nitrogens is 2. The van der Waals surface area contributed by atoms with Gasteiger partial charge in [0.2, 0.25) is 11.7 Å². The Kier molecular flexibility index (Phi) is 3.91. The van der Waals surface area contributed by atoms with Gasteiger partial charge in [0.25, 0.3) is 5.56 Å². The Morgan fingerprint density at radius 3 is 2.62 bits per heavy atom. The number of rotatable bonds is 3. The van der Waals surface area contributed by atoms with Crippen LogP contribution in [0.15, 0.2) is 15.8 Å². The summed E-state index contributed by atoms with van der Waals surface area (Å²) in [5.41, 5.74) is 2.47. The van der Waals surface area contributed by atoms with Crippen molar-refractivity contribution in [2.75, 3.05) is 0 Å². The molecule has 6 N–H and O–H groups in total. The number of halogens is 1. The maximum atomic E-state index is 13.2. The van der Waals surface area contributed by atoms with Crippen LogP contribution in [0, 0.1) is 5.82 Å². The van der Waals surface area contributed by atoms with Gasteiger partial charge in [-0.1, -0.05) is 0 Å². The maximum Gasteiger partial charge on any atom is 0.330 e. The zero-order valence-corrected chi connectivity index (χ0v) is 10.3. The number of hydrogen-bond acceptors (Lipinski definition) is 7. The fourth-order valence-corrected chi connectivity index (χ4v) is 1.99. The van der Waals surface area contributed by atoms with E-state index >= 15 is 0 Å². The second kappa shape index (κ2) is 5.37. The summed E-state index contributed by atoms with van der Waals surface area (Å²) in [6, 6.07) is 0. The summed E-state index contributed by atoms with van der Waals surface area (Å²) in [6.07, 6.45) is -8.20. The largest absolute Gasteiger partial charge is 0.387 e. The van der Waals surface area contributed by atoms with E-state index in [0.717, 1.165) is 0 Å². The highest BCUT2D eigenvalue weighted by Gasteiger charge is 2.48. The molecule has 1 saturated heterocycles. The van der Waals surface area contributed by atoms with Gasteiger partial charge in [0.15, 0.2) is 12.3 Å². The molecule has 11 heteroatoms. The van der Waals surface area contributed by atoms with Crippen molar-refractivity contribution in [2.45, 2.75) is 30.6 Å². The van der Waals surface area contributed by atoms with Gasteiger partial charge in [0, 0.05) is 0 Å².